The number of nitrogens with one attached hydrogen (secondary N) is 1. The maximum Gasteiger partial charge on any atom is 0.257 e. The molecule has 2 aliphatic rings. The first kappa shape index (κ1) is 18.8. The van der Waals surface area contributed by atoms with Crippen molar-refractivity contribution >= 4 is 11.8 Å². The van der Waals surface area contributed by atoms with E-state index in [-0.39, 0.29) is 17.9 Å². The van der Waals surface area contributed by atoms with E-state index in [1.165, 1.54) is 0 Å². The van der Waals surface area contributed by atoms with E-state index >= 15 is 0 Å². The highest BCUT2D eigenvalue weighted by atomic mass is 16.5. The van der Waals surface area contributed by atoms with E-state index in [9.17, 15) is 9.59 Å². The van der Waals surface area contributed by atoms with E-state index in [1.807, 2.05) is 11.8 Å². The highest BCUT2D eigenvalue weighted by Gasteiger charge is 2.23. The molecule has 1 aromatic rings. The van der Waals surface area contributed by atoms with Crippen LogP contribution in [0, 0.1) is 0 Å². The van der Waals surface area contributed by atoms with Crippen molar-refractivity contribution in [3.63, 3.8) is 0 Å². The summed E-state index contributed by atoms with van der Waals surface area (Å²) in [5.41, 5.74) is 0.634. The van der Waals surface area contributed by atoms with Crippen molar-refractivity contribution in [3.8, 4) is 0 Å². The Morgan fingerprint density at radius 2 is 2.15 bits per heavy atom. The summed E-state index contributed by atoms with van der Waals surface area (Å²) in [6, 6.07) is 0. The highest BCUT2D eigenvalue weighted by Crippen LogP contribution is 2.11. The lowest BCUT2D eigenvalue weighted by Crippen LogP contribution is -2.41. The van der Waals surface area contributed by atoms with Crippen LogP contribution in [0.4, 0.5) is 0 Å². The lowest BCUT2D eigenvalue weighted by molar-refractivity contribution is -0.122. The molecule has 2 saturated heterocycles. The predicted octanol–water partition coefficient (Wildman–Crippen LogP) is 0.346. The van der Waals surface area contributed by atoms with Gasteiger partial charge < -0.3 is 15.0 Å². The van der Waals surface area contributed by atoms with Crippen LogP contribution in [0.3, 0.4) is 0 Å². The average Bonchev–Trinajstić information content (AvgIpc) is 3.28. The quantitative estimate of drug-likeness (QED) is 0.789. The maximum atomic E-state index is 12.6. The Morgan fingerprint density at radius 3 is 2.88 bits per heavy atom. The number of hydrogen-bond acceptors (Lipinski definition) is 5. The minimum absolute atomic E-state index is 0.0226. The van der Waals surface area contributed by atoms with Crippen LogP contribution >= 0.6 is 0 Å². The second-order valence-corrected chi connectivity index (χ2v) is 6.95. The van der Waals surface area contributed by atoms with Crippen LogP contribution in [0.25, 0.3) is 0 Å². The van der Waals surface area contributed by atoms with Gasteiger partial charge in [-0.1, -0.05) is 0 Å². The molecule has 2 fully saturated rings. The average molecular weight is 363 g/mol. The SMILES string of the molecule is CCn1cc(C(=O)N2CCCN(CC(=O)NCC3CCCO3)CC2)cn1. The fourth-order valence-corrected chi connectivity index (χ4v) is 3.45. The van der Waals surface area contributed by atoms with Crippen LogP contribution in [0.2, 0.25) is 0 Å². The molecule has 1 unspecified atom stereocenters. The number of carbonyl (C=O) groups excluding carboxylic acids is 2. The first-order valence-electron chi connectivity index (χ1n) is 9.58. The summed E-state index contributed by atoms with van der Waals surface area (Å²) in [5, 5.41) is 7.14. The molecule has 3 heterocycles. The van der Waals surface area contributed by atoms with Gasteiger partial charge in [0.2, 0.25) is 5.91 Å². The van der Waals surface area contributed by atoms with Crippen LogP contribution in [0.15, 0.2) is 12.4 Å². The lowest BCUT2D eigenvalue weighted by atomic mass is 10.2. The van der Waals surface area contributed by atoms with Gasteiger partial charge in [0.15, 0.2) is 0 Å². The van der Waals surface area contributed by atoms with Crippen molar-refractivity contribution in [2.75, 3.05) is 45.9 Å². The monoisotopic (exact) mass is 363 g/mol. The van der Waals surface area contributed by atoms with Crippen LogP contribution < -0.4 is 5.32 Å². The number of hydrogen-bond donors (Lipinski definition) is 1. The Labute approximate surface area is 154 Å². The first-order chi connectivity index (χ1) is 12.7. The molecule has 0 aliphatic carbocycles. The molecular weight excluding hydrogens is 334 g/mol. The molecule has 2 aliphatic heterocycles. The van der Waals surface area contributed by atoms with Crippen LogP contribution in [-0.2, 0) is 16.1 Å². The number of rotatable bonds is 6. The molecule has 26 heavy (non-hydrogen) atoms. The van der Waals surface area contributed by atoms with Crippen molar-refractivity contribution in [2.24, 2.45) is 0 Å². The molecule has 1 aromatic heterocycles. The summed E-state index contributed by atoms with van der Waals surface area (Å²) in [6.45, 7) is 7.40. The first-order valence-corrected chi connectivity index (χ1v) is 9.58. The van der Waals surface area contributed by atoms with E-state index in [0.717, 1.165) is 39.0 Å². The minimum atomic E-state index is 0.0226. The van der Waals surface area contributed by atoms with E-state index < -0.39 is 0 Å². The molecule has 0 bridgehead atoms. The molecule has 8 heteroatoms. The van der Waals surface area contributed by atoms with Gasteiger partial charge in [0.25, 0.3) is 5.91 Å². The second kappa shape index (κ2) is 9.14. The van der Waals surface area contributed by atoms with Gasteiger partial charge >= 0.3 is 0 Å². The van der Waals surface area contributed by atoms with Gasteiger partial charge in [-0.05, 0) is 26.2 Å². The molecule has 8 nitrogen and oxygen atoms in total. The summed E-state index contributed by atoms with van der Waals surface area (Å²) in [4.78, 5) is 28.8. The Morgan fingerprint density at radius 1 is 1.27 bits per heavy atom. The smallest absolute Gasteiger partial charge is 0.257 e. The zero-order valence-electron chi connectivity index (χ0n) is 15.5. The Balaban J connectivity index is 1.43. The van der Waals surface area contributed by atoms with Crippen molar-refractivity contribution in [1.29, 1.82) is 0 Å². The number of aromatic nitrogens is 2. The van der Waals surface area contributed by atoms with Gasteiger partial charge in [-0.25, -0.2) is 0 Å². The molecule has 0 spiro atoms. The largest absolute Gasteiger partial charge is 0.376 e. The van der Waals surface area contributed by atoms with Crippen LogP contribution in [0.1, 0.15) is 36.5 Å². The molecule has 0 radical (unpaired) electrons. The Bertz CT molecular complexity index is 612. The Kier molecular flexibility index (Phi) is 6.62. The van der Waals surface area contributed by atoms with Gasteiger partial charge in [0.1, 0.15) is 0 Å². The van der Waals surface area contributed by atoms with E-state index in [2.05, 4.69) is 15.3 Å². The number of aryl methyl sites for hydroxylation is 1. The molecule has 3 rings (SSSR count). The fraction of sp³-hybridized carbons (Fsp3) is 0.722. The second-order valence-electron chi connectivity index (χ2n) is 6.95. The van der Waals surface area contributed by atoms with Gasteiger partial charge in [-0.2, -0.15) is 5.10 Å². The zero-order valence-corrected chi connectivity index (χ0v) is 15.5. The molecule has 144 valence electrons. The number of amides is 2. The van der Waals surface area contributed by atoms with Gasteiger partial charge in [0, 0.05) is 52.1 Å². The maximum absolute atomic E-state index is 12.6. The third-order valence-corrected chi connectivity index (χ3v) is 5.00. The minimum Gasteiger partial charge on any atom is -0.376 e. The molecular formula is C18H29N5O3. The third kappa shape index (κ3) is 5.04. The van der Waals surface area contributed by atoms with Crippen molar-refractivity contribution in [1.82, 2.24) is 24.9 Å². The summed E-state index contributed by atoms with van der Waals surface area (Å²) >= 11 is 0. The third-order valence-electron chi connectivity index (χ3n) is 5.00. The van der Waals surface area contributed by atoms with Crippen molar-refractivity contribution in [3.05, 3.63) is 18.0 Å². The fourth-order valence-electron chi connectivity index (χ4n) is 3.45. The molecule has 0 saturated carbocycles. The van der Waals surface area contributed by atoms with Gasteiger partial charge in [0.05, 0.1) is 24.4 Å². The van der Waals surface area contributed by atoms with Gasteiger partial charge in [-0.3, -0.25) is 19.2 Å². The zero-order chi connectivity index (χ0) is 18.4. The van der Waals surface area contributed by atoms with E-state index in [4.69, 9.17) is 4.74 Å². The summed E-state index contributed by atoms with van der Waals surface area (Å²) in [7, 11) is 0. The normalized spacial score (nSPS) is 21.6. The van der Waals surface area contributed by atoms with E-state index in [0.29, 0.717) is 38.3 Å². The number of ether oxygens (including phenoxy) is 1. The number of nitrogens with zero attached hydrogens (tertiary/aromatic N) is 4. The molecule has 0 aromatic carbocycles. The predicted molar refractivity (Wildman–Crippen MR) is 96.8 cm³/mol. The van der Waals surface area contributed by atoms with Crippen molar-refractivity contribution in [2.45, 2.75) is 38.8 Å². The molecule has 1 atom stereocenters. The summed E-state index contributed by atoms with van der Waals surface area (Å²) < 4.78 is 7.29. The van der Waals surface area contributed by atoms with Gasteiger partial charge in [-0.15, -0.1) is 0 Å². The topological polar surface area (TPSA) is 79.7 Å². The Hall–Kier alpha value is -1.93. The lowest BCUT2D eigenvalue weighted by Gasteiger charge is -2.21. The summed E-state index contributed by atoms with van der Waals surface area (Å²) in [5.74, 6) is 0.0545. The number of carbonyl (C=O) groups is 2. The van der Waals surface area contributed by atoms with Crippen LogP contribution in [-0.4, -0.2) is 83.4 Å². The van der Waals surface area contributed by atoms with Crippen LogP contribution in [0.5, 0.6) is 0 Å². The molecule has 2 amide bonds. The standard InChI is InChI=1S/C18H29N5O3/c1-2-23-13-15(11-20-23)18(25)22-7-4-6-21(8-9-22)14-17(24)19-12-16-5-3-10-26-16/h11,13,16H,2-10,12,14H2,1H3,(H,19,24). The van der Waals surface area contributed by atoms with Crippen molar-refractivity contribution < 1.29 is 14.3 Å². The molecule has 1 N–H and O–H groups in total. The summed E-state index contributed by atoms with van der Waals surface area (Å²) in [6.07, 6.45) is 6.56. The van der Waals surface area contributed by atoms with E-state index in [1.54, 1.807) is 17.1 Å². The highest BCUT2D eigenvalue weighted by molar-refractivity contribution is 5.93.